The lowest BCUT2D eigenvalue weighted by Crippen LogP contribution is -2.54. The number of nitrogens with zero attached hydrogens (tertiary/aromatic N) is 6. The Kier molecular flexibility index (Phi) is 11.9. The number of likely N-dealkylation sites (tertiary alicyclic amines) is 2. The Morgan fingerprint density at radius 3 is 1.79 bits per heavy atom. The van der Waals surface area contributed by atoms with E-state index in [1.807, 2.05) is 43.4 Å². The molecule has 2 aliphatic heterocycles. The molecule has 2 aromatic carbocycles. The lowest BCUT2D eigenvalue weighted by Gasteiger charge is -2.30. The number of amides is 4. The molecule has 17 heteroatoms. The monoisotopic (exact) mass is 792 g/mol. The van der Waals surface area contributed by atoms with Crippen LogP contribution in [0.4, 0.5) is 9.59 Å². The second-order valence-corrected chi connectivity index (χ2v) is 14.6. The number of imidazole rings is 3. The van der Waals surface area contributed by atoms with Crippen molar-refractivity contribution in [3.05, 3.63) is 90.8 Å². The molecule has 4 amide bonds. The number of nitrogens with one attached hydrogen (secondary N) is 3. The van der Waals surface area contributed by atoms with E-state index in [1.54, 1.807) is 46.2 Å². The highest BCUT2D eigenvalue weighted by atomic mass is 16.6. The SMILES string of the molecule is COC(=O)N[C@H](C(=O)N1CCCC1c1ncc(-c2ccc(-c3ccc(-c4cnc([C@@H]5CCCN5C(=O)[C@H](Cc5cn(C)cn5)OC(N)=O)[nH]4)cc3)cc2)[nH]1)[C@@H](C)OC. The third-order valence-electron chi connectivity index (χ3n) is 10.9. The van der Waals surface area contributed by atoms with Gasteiger partial charge >= 0.3 is 12.2 Å². The van der Waals surface area contributed by atoms with E-state index in [1.165, 1.54) is 14.2 Å². The maximum absolute atomic E-state index is 13.7. The van der Waals surface area contributed by atoms with Crippen molar-refractivity contribution in [3.63, 3.8) is 0 Å². The molecule has 2 aliphatic rings. The predicted octanol–water partition coefficient (Wildman–Crippen LogP) is 4.66. The maximum Gasteiger partial charge on any atom is 0.407 e. The Bertz CT molecular complexity index is 2230. The average Bonchev–Trinajstić information content (AvgIpc) is 4.09. The van der Waals surface area contributed by atoms with Gasteiger partial charge in [-0.15, -0.1) is 0 Å². The van der Waals surface area contributed by atoms with Crippen molar-refractivity contribution in [1.82, 2.24) is 44.6 Å². The fourth-order valence-electron chi connectivity index (χ4n) is 7.77. The zero-order valence-corrected chi connectivity index (χ0v) is 32.9. The molecule has 5 atom stereocenters. The number of hydrogen-bond donors (Lipinski definition) is 4. The third-order valence-corrected chi connectivity index (χ3v) is 10.9. The van der Waals surface area contributed by atoms with Crippen LogP contribution < -0.4 is 11.1 Å². The Balaban J connectivity index is 0.998. The van der Waals surface area contributed by atoms with E-state index in [0.29, 0.717) is 36.9 Å². The summed E-state index contributed by atoms with van der Waals surface area (Å²) in [6, 6.07) is 14.8. The number of aromatic amines is 2. The first-order valence-electron chi connectivity index (χ1n) is 19.2. The summed E-state index contributed by atoms with van der Waals surface area (Å²) in [4.78, 5) is 74.9. The molecule has 58 heavy (non-hydrogen) atoms. The van der Waals surface area contributed by atoms with E-state index < -0.39 is 30.4 Å². The summed E-state index contributed by atoms with van der Waals surface area (Å²) in [6.45, 7) is 2.77. The molecule has 0 radical (unpaired) electrons. The van der Waals surface area contributed by atoms with Gasteiger partial charge in [-0.3, -0.25) is 9.59 Å². The highest BCUT2D eigenvalue weighted by Gasteiger charge is 2.39. The number of ether oxygens (including phenoxy) is 3. The number of aryl methyl sites for hydroxylation is 1. The van der Waals surface area contributed by atoms with Gasteiger partial charge in [0.25, 0.3) is 5.91 Å². The van der Waals surface area contributed by atoms with Gasteiger partial charge in [-0.2, -0.15) is 0 Å². The van der Waals surface area contributed by atoms with Crippen molar-refractivity contribution in [2.45, 2.75) is 69.4 Å². The van der Waals surface area contributed by atoms with Crippen molar-refractivity contribution in [3.8, 4) is 33.6 Å². The van der Waals surface area contributed by atoms with E-state index >= 15 is 0 Å². The minimum atomic E-state index is -1.09. The van der Waals surface area contributed by atoms with E-state index in [2.05, 4.69) is 42.4 Å². The van der Waals surface area contributed by atoms with Crippen LogP contribution in [0.15, 0.2) is 73.4 Å². The number of hydrogen-bond acceptors (Lipinski definition) is 10. The lowest BCUT2D eigenvalue weighted by molar-refractivity contribution is -0.141. The van der Waals surface area contributed by atoms with Gasteiger partial charge in [0.05, 0.1) is 61.1 Å². The van der Waals surface area contributed by atoms with Crippen LogP contribution in [0.3, 0.4) is 0 Å². The molecule has 5 N–H and O–H groups in total. The van der Waals surface area contributed by atoms with Crippen molar-refractivity contribution >= 4 is 24.0 Å². The quantitative estimate of drug-likeness (QED) is 0.129. The molecule has 0 spiro atoms. The first kappa shape index (κ1) is 39.7. The Morgan fingerprint density at radius 2 is 1.33 bits per heavy atom. The Hall–Kier alpha value is -6.49. The van der Waals surface area contributed by atoms with Crippen LogP contribution in [0, 0.1) is 0 Å². The first-order chi connectivity index (χ1) is 28.0. The van der Waals surface area contributed by atoms with Crippen LogP contribution in [0.5, 0.6) is 0 Å². The van der Waals surface area contributed by atoms with Crippen molar-refractivity contribution < 1.29 is 33.4 Å². The second-order valence-electron chi connectivity index (χ2n) is 14.6. The van der Waals surface area contributed by atoms with Crippen molar-refractivity contribution in [2.24, 2.45) is 12.8 Å². The molecule has 5 heterocycles. The van der Waals surface area contributed by atoms with Gasteiger partial charge in [0.1, 0.15) is 17.7 Å². The summed E-state index contributed by atoms with van der Waals surface area (Å²) in [5.41, 5.74) is 11.5. The first-order valence-corrected chi connectivity index (χ1v) is 19.2. The van der Waals surface area contributed by atoms with E-state index in [9.17, 15) is 19.2 Å². The molecule has 7 rings (SSSR count). The number of primary amides is 1. The number of H-pyrrole nitrogens is 2. The van der Waals surface area contributed by atoms with Gasteiger partial charge < -0.3 is 49.6 Å². The molecule has 1 unspecified atom stereocenters. The smallest absolute Gasteiger partial charge is 0.407 e. The summed E-state index contributed by atoms with van der Waals surface area (Å²) < 4.78 is 17.2. The second kappa shape index (κ2) is 17.3. The van der Waals surface area contributed by atoms with Crippen LogP contribution in [0.1, 0.15) is 62.0 Å². The highest BCUT2D eigenvalue weighted by Crippen LogP contribution is 2.35. The minimum Gasteiger partial charge on any atom is -0.453 e. The molecular formula is C41H48N10O7. The van der Waals surface area contributed by atoms with Crippen LogP contribution >= 0.6 is 0 Å². The summed E-state index contributed by atoms with van der Waals surface area (Å²) in [5, 5.41) is 2.62. The Morgan fingerprint density at radius 1 is 0.810 bits per heavy atom. The summed E-state index contributed by atoms with van der Waals surface area (Å²) in [6.07, 6.45) is 6.72. The fourth-order valence-corrected chi connectivity index (χ4v) is 7.77. The fraction of sp³-hybridized carbons (Fsp3) is 0.390. The molecule has 5 aromatic rings. The van der Waals surface area contributed by atoms with E-state index in [4.69, 9.17) is 19.9 Å². The zero-order valence-electron chi connectivity index (χ0n) is 32.9. The van der Waals surface area contributed by atoms with Gasteiger partial charge in [0.2, 0.25) is 5.91 Å². The van der Waals surface area contributed by atoms with Crippen LogP contribution in [-0.4, -0.2) is 109 Å². The minimum absolute atomic E-state index is 0.118. The zero-order chi connectivity index (χ0) is 40.9. The van der Waals surface area contributed by atoms with Crippen LogP contribution in [-0.2, 0) is 37.3 Å². The number of benzene rings is 2. The van der Waals surface area contributed by atoms with Crippen LogP contribution in [0.2, 0.25) is 0 Å². The number of aromatic nitrogens is 6. The van der Waals surface area contributed by atoms with Gasteiger partial charge in [-0.1, -0.05) is 48.5 Å². The molecule has 0 aliphatic carbocycles. The number of methoxy groups -OCH3 is 2. The number of nitrogens with two attached hydrogens (primary N) is 1. The number of carbonyl (C=O) groups is 4. The van der Waals surface area contributed by atoms with Gasteiger partial charge in [0, 0.05) is 39.9 Å². The topological polar surface area (TPSA) is 216 Å². The van der Waals surface area contributed by atoms with Gasteiger partial charge in [-0.25, -0.2) is 24.5 Å². The molecular weight excluding hydrogens is 745 g/mol. The molecule has 0 bridgehead atoms. The summed E-state index contributed by atoms with van der Waals surface area (Å²) >= 11 is 0. The number of carbonyl (C=O) groups excluding carboxylic acids is 4. The van der Waals surface area contributed by atoms with E-state index in [0.717, 1.165) is 52.9 Å². The highest BCUT2D eigenvalue weighted by molar-refractivity contribution is 5.87. The van der Waals surface area contributed by atoms with E-state index in [-0.39, 0.29) is 30.3 Å². The maximum atomic E-state index is 13.7. The van der Waals surface area contributed by atoms with Crippen molar-refractivity contribution in [1.29, 1.82) is 0 Å². The average molecular weight is 793 g/mol. The number of alkyl carbamates (subject to hydrolysis) is 1. The predicted molar refractivity (Wildman–Crippen MR) is 212 cm³/mol. The third kappa shape index (κ3) is 8.58. The normalized spacial score (nSPS) is 18.1. The van der Waals surface area contributed by atoms with Gasteiger partial charge in [-0.05, 0) is 54.9 Å². The lowest BCUT2D eigenvalue weighted by atomic mass is 10.0. The standard InChI is InChI=1S/C41H48N10O7/c1-24(56-3)35(48-41(55)57-4)39(53)51-18-6-8-33(51)37-44-21-31(47-37)28-15-11-26(12-16-28)25-9-13-27(14-10-25)30-20-43-36(46-30)32-7-5-17-50(32)38(52)34(58-40(42)54)19-29-22-49(2)23-45-29/h9-16,20-24,32-35H,5-8,17-19H2,1-4H3,(H2,42,54)(H,43,46)(H,44,47)(H,48,55)/t24-,32+,33?,34+,35+/m1/s1. The molecule has 2 saturated heterocycles. The molecule has 2 fully saturated rings. The summed E-state index contributed by atoms with van der Waals surface area (Å²) in [7, 11) is 4.57. The van der Waals surface area contributed by atoms with Crippen molar-refractivity contribution in [2.75, 3.05) is 27.3 Å². The molecule has 17 nitrogen and oxygen atoms in total. The molecule has 304 valence electrons. The number of rotatable bonds is 13. The molecule has 0 saturated carbocycles. The van der Waals surface area contributed by atoms with Gasteiger partial charge in [0.15, 0.2) is 6.10 Å². The summed E-state index contributed by atoms with van der Waals surface area (Å²) in [5.74, 6) is 0.748. The molecule has 3 aromatic heterocycles. The van der Waals surface area contributed by atoms with Crippen LogP contribution in [0.25, 0.3) is 33.6 Å². The largest absolute Gasteiger partial charge is 0.453 e. The Labute approximate surface area is 335 Å².